The van der Waals surface area contributed by atoms with E-state index in [9.17, 15) is 19.5 Å². The van der Waals surface area contributed by atoms with Gasteiger partial charge < -0.3 is 25.3 Å². The monoisotopic (exact) mass is 551 g/mol. The summed E-state index contributed by atoms with van der Waals surface area (Å²) in [4.78, 5) is 15.5. The Morgan fingerprint density at radius 2 is 1.69 bits per heavy atom. The maximum Gasteiger partial charge on any atom is 0.274 e. The summed E-state index contributed by atoms with van der Waals surface area (Å²) in [6.07, 6.45) is 3.27. The summed E-state index contributed by atoms with van der Waals surface area (Å²) >= 11 is 6.44. The molecule has 9 heteroatoms. The Bertz CT molecular complexity index is 1320. The van der Waals surface area contributed by atoms with E-state index in [0.29, 0.717) is 28.4 Å². The predicted octanol–water partition coefficient (Wildman–Crippen LogP) is 5.18. The standard InChI is InChI=1S/C30H31ClFN3O4/c31-25-17-22(9-14-27(25)39-24-12-13-24)29(36)26(18-35-15-1-2-16-35)33-30(37)28(34-38)21-5-3-19(4-6-21)20-7-10-23(32)11-8-20/h3-11,14,17,24,26,29,36,38H,1-2,12-13,15-16,18H2,(H,33,37)/t26-,29-/m1/s1. The van der Waals surface area contributed by atoms with Gasteiger partial charge in [0.1, 0.15) is 17.7 Å². The lowest BCUT2D eigenvalue weighted by molar-refractivity contribution is -0.116. The minimum absolute atomic E-state index is 0.175. The van der Waals surface area contributed by atoms with E-state index in [0.717, 1.165) is 49.9 Å². The normalized spacial score (nSPS) is 17.6. The number of hydrogen-bond acceptors (Lipinski definition) is 6. The van der Waals surface area contributed by atoms with Crippen molar-refractivity contribution in [1.29, 1.82) is 0 Å². The molecule has 204 valence electrons. The molecule has 2 atom stereocenters. The molecule has 7 nitrogen and oxygen atoms in total. The van der Waals surface area contributed by atoms with Crippen molar-refractivity contribution in [3.8, 4) is 16.9 Å². The fourth-order valence-corrected chi connectivity index (χ4v) is 5.03. The molecule has 1 saturated carbocycles. The minimum Gasteiger partial charge on any atom is -0.489 e. The number of aliphatic hydroxyl groups is 1. The molecule has 0 spiro atoms. The van der Waals surface area contributed by atoms with Crippen molar-refractivity contribution in [3.05, 3.63) is 88.7 Å². The second kappa shape index (κ2) is 12.2. The highest BCUT2D eigenvalue weighted by Crippen LogP contribution is 2.34. The van der Waals surface area contributed by atoms with E-state index < -0.39 is 18.1 Å². The SMILES string of the molecule is O=C(N[C@H](CN1CCCC1)[C@H](O)c1ccc(OC2CC2)c(Cl)c1)C(=NO)c1ccc(-c2ccc(F)cc2)cc1. The Balaban J connectivity index is 1.32. The van der Waals surface area contributed by atoms with E-state index in [2.05, 4.69) is 15.4 Å². The lowest BCUT2D eigenvalue weighted by atomic mass is 9.99. The van der Waals surface area contributed by atoms with Gasteiger partial charge in [0.25, 0.3) is 5.91 Å². The maximum atomic E-state index is 13.3. The molecule has 3 aromatic carbocycles. The van der Waals surface area contributed by atoms with Crippen LogP contribution in [0.1, 0.15) is 42.9 Å². The van der Waals surface area contributed by atoms with Crippen LogP contribution in [-0.4, -0.2) is 58.6 Å². The molecule has 0 bridgehead atoms. The van der Waals surface area contributed by atoms with E-state index in [-0.39, 0.29) is 17.6 Å². The van der Waals surface area contributed by atoms with Crippen molar-refractivity contribution in [2.75, 3.05) is 19.6 Å². The van der Waals surface area contributed by atoms with Crippen molar-refractivity contribution in [1.82, 2.24) is 10.2 Å². The smallest absolute Gasteiger partial charge is 0.274 e. The largest absolute Gasteiger partial charge is 0.489 e. The van der Waals surface area contributed by atoms with Crippen molar-refractivity contribution in [2.24, 2.45) is 5.16 Å². The minimum atomic E-state index is -1.05. The first-order chi connectivity index (χ1) is 18.9. The van der Waals surface area contributed by atoms with E-state index >= 15 is 0 Å². The molecule has 1 aliphatic heterocycles. The lowest BCUT2D eigenvalue weighted by Gasteiger charge is -2.29. The highest BCUT2D eigenvalue weighted by Gasteiger charge is 2.30. The average Bonchev–Trinajstić information content (AvgIpc) is 3.62. The summed E-state index contributed by atoms with van der Waals surface area (Å²) < 4.78 is 19.1. The number of hydrogen-bond donors (Lipinski definition) is 3. The second-order valence-corrected chi connectivity index (χ2v) is 10.5. The predicted molar refractivity (Wildman–Crippen MR) is 148 cm³/mol. The van der Waals surface area contributed by atoms with Crippen LogP contribution >= 0.6 is 11.6 Å². The number of carbonyl (C=O) groups is 1. The number of rotatable bonds is 10. The third-order valence-corrected chi connectivity index (χ3v) is 7.41. The van der Waals surface area contributed by atoms with Crippen molar-refractivity contribution >= 4 is 23.2 Å². The van der Waals surface area contributed by atoms with Gasteiger partial charge in [0, 0.05) is 12.1 Å². The second-order valence-electron chi connectivity index (χ2n) is 10.1. The van der Waals surface area contributed by atoms with Crippen LogP contribution in [0.4, 0.5) is 4.39 Å². The first-order valence-electron chi connectivity index (χ1n) is 13.2. The van der Waals surface area contributed by atoms with Gasteiger partial charge in [-0.25, -0.2) is 4.39 Å². The van der Waals surface area contributed by atoms with Crippen LogP contribution in [0.2, 0.25) is 5.02 Å². The first kappa shape index (κ1) is 27.1. The van der Waals surface area contributed by atoms with Gasteiger partial charge in [-0.3, -0.25) is 4.79 Å². The van der Waals surface area contributed by atoms with Gasteiger partial charge in [-0.15, -0.1) is 0 Å². The van der Waals surface area contributed by atoms with Crippen LogP contribution in [0.3, 0.4) is 0 Å². The highest BCUT2D eigenvalue weighted by atomic mass is 35.5. The zero-order valence-corrected chi connectivity index (χ0v) is 22.1. The molecule has 3 N–H and O–H groups in total. The number of amides is 1. The van der Waals surface area contributed by atoms with Gasteiger partial charge in [0.15, 0.2) is 5.71 Å². The van der Waals surface area contributed by atoms with E-state index in [1.165, 1.54) is 12.1 Å². The first-order valence-corrected chi connectivity index (χ1v) is 13.5. The number of aliphatic hydroxyl groups excluding tert-OH is 1. The molecule has 39 heavy (non-hydrogen) atoms. The molecule has 0 radical (unpaired) electrons. The molecule has 1 aliphatic carbocycles. The number of nitrogens with one attached hydrogen (secondary N) is 1. The molecule has 5 rings (SSSR count). The third kappa shape index (κ3) is 6.76. The van der Waals surface area contributed by atoms with Gasteiger partial charge in [0.2, 0.25) is 0 Å². The quantitative estimate of drug-likeness (QED) is 0.183. The summed E-state index contributed by atoms with van der Waals surface area (Å²) in [5, 5.41) is 27.6. The van der Waals surface area contributed by atoms with Crippen LogP contribution < -0.4 is 10.1 Å². The van der Waals surface area contributed by atoms with Crippen LogP contribution in [0.15, 0.2) is 71.9 Å². The Morgan fingerprint density at radius 1 is 1.05 bits per heavy atom. The van der Waals surface area contributed by atoms with E-state index in [4.69, 9.17) is 16.3 Å². The van der Waals surface area contributed by atoms with Gasteiger partial charge in [0.05, 0.1) is 17.2 Å². The number of carbonyl (C=O) groups excluding carboxylic acids is 1. The summed E-state index contributed by atoms with van der Waals surface area (Å²) in [5.74, 6) is -0.360. The van der Waals surface area contributed by atoms with Crippen molar-refractivity contribution in [2.45, 2.75) is 43.9 Å². The van der Waals surface area contributed by atoms with Crippen molar-refractivity contribution < 1.29 is 24.2 Å². The van der Waals surface area contributed by atoms with Gasteiger partial charge in [-0.05, 0) is 79.7 Å². The highest BCUT2D eigenvalue weighted by molar-refractivity contribution is 6.45. The molecular weight excluding hydrogens is 521 g/mol. The molecule has 3 aromatic rings. The molecule has 2 aliphatic rings. The molecule has 2 fully saturated rings. The Hall–Kier alpha value is -3.46. The van der Waals surface area contributed by atoms with Gasteiger partial charge in [-0.1, -0.05) is 59.2 Å². The summed E-state index contributed by atoms with van der Waals surface area (Å²) in [7, 11) is 0. The van der Waals surface area contributed by atoms with E-state index in [1.807, 2.05) is 0 Å². The fraction of sp³-hybridized carbons (Fsp3) is 0.333. The van der Waals surface area contributed by atoms with Crippen LogP contribution in [0.5, 0.6) is 5.75 Å². The molecule has 0 unspecified atom stereocenters. The number of likely N-dealkylation sites (tertiary alicyclic amines) is 1. The van der Waals surface area contributed by atoms with Crippen molar-refractivity contribution in [3.63, 3.8) is 0 Å². The summed E-state index contributed by atoms with van der Waals surface area (Å²) in [6, 6.07) is 17.4. The molecule has 0 aromatic heterocycles. The Kier molecular flexibility index (Phi) is 8.45. The molecule has 1 heterocycles. The maximum absolute atomic E-state index is 13.3. The van der Waals surface area contributed by atoms with Crippen LogP contribution in [-0.2, 0) is 4.79 Å². The third-order valence-electron chi connectivity index (χ3n) is 7.12. The molecule has 1 amide bonds. The number of nitrogens with zero attached hydrogens (tertiary/aromatic N) is 2. The molecular formula is C30H31ClFN3O4. The van der Waals surface area contributed by atoms with Crippen LogP contribution in [0.25, 0.3) is 11.1 Å². The number of halogens is 2. The Morgan fingerprint density at radius 3 is 2.28 bits per heavy atom. The number of oxime groups is 1. The topological polar surface area (TPSA) is 94.4 Å². The lowest BCUT2D eigenvalue weighted by Crippen LogP contribution is -2.48. The Labute approximate surface area is 231 Å². The number of benzene rings is 3. The average molecular weight is 552 g/mol. The van der Waals surface area contributed by atoms with Gasteiger partial charge in [-0.2, -0.15) is 0 Å². The number of ether oxygens (including phenoxy) is 1. The summed E-state index contributed by atoms with van der Waals surface area (Å²) in [6.45, 7) is 2.17. The molecule has 1 saturated heterocycles. The zero-order valence-electron chi connectivity index (χ0n) is 21.4. The fourth-order valence-electron chi connectivity index (χ4n) is 4.80. The summed E-state index contributed by atoms with van der Waals surface area (Å²) in [5.41, 5.74) is 2.42. The van der Waals surface area contributed by atoms with Gasteiger partial charge >= 0.3 is 0 Å². The van der Waals surface area contributed by atoms with Crippen LogP contribution in [0, 0.1) is 5.82 Å². The van der Waals surface area contributed by atoms with E-state index in [1.54, 1.807) is 54.6 Å². The zero-order chi connectivity index (χ0) is 27.4.